The minimum absolute atomic E-state index is 0.265. The van der Waals surface area contributed by atoms with Crippen molar-refractivity contribution < 1.29 is 13.9 Å². The van der Waals surface area contributed by atoms with Gasteiger partial charge < -0.3 is 14.8 Å². The van der Waals surface area contributed by atoms with Crippen LogP contribution in [0.1, 0.15) is 32.4 Å². The van der Waals surface area contributed by atoms with Gasteiger partial charge in [-0.15, -0.1) is 0 Å². The Balaban J connectivity index is 3.05. The summed E-state index contributed by atoms with van der Waals surface area (Å²) in [6, 6.07) is 4.55. The maximum atomic E-state index is 14.0. The monoisotopic (exact) mass is 333 g/mol. The predicted octanol–water partition coefficient (Wildman–Crippen LogP) is 3.64. The van der Waals surface area contributed by atoms with Crippen molar-refractivity contribution in [2.75, 3.05) is 19.8 Å². The molecule has 0 bridgehead atoms. The van der Waals surface area contributed by atoms with Crippen LogP contribution in [0.2, 0.25) is 0 Å². The van der Waals surface area contributed by atoms with Crippen molar-refractivity contribution in [3.8, 4) is 0 Å². The van der Waals surface area contributed by atoms with E-state index in [0.29, 0.717) is 25.3 Å². The van der Waals surface area contributed by atoms with E-state index in [1.807, 2.05) is 20.8 Å². The van der Waals surface area contributed by atoms with E-state index in [-0.39, 0.29) is 11.9 Å². The molecular weight excluding hydrogens is 313 g/mol. The Morgan fingerprint density at radius 3 is 2.37 bits per heavy atom. The van der Waals surface area contributed by atoms with Crippen LogP contribution < -0.4 is 5.32 Å². The summed E-state index contributed by atoms with van der Waals surface area (Å²) in [6.45, 7) is 7.49. The number of benzene rings is 1. The van der Waals surface area contributed by atoms with Crippen LogP contribution in [0.3, 0.4) is 0 Å². The number of nitrogens with one attached hydrogen (secondary N) is 1. The lowest BCUT2D eigenvalue weighted by molar-refractivity contribution is -0.155. The summed E-state index contributed by atoms with van der Waals surface area (Å²) in [6.07, 6.45) is -0.501. The zero-order valence-corrected chi connectivity index (χ0v) is 13.2. The number of halogens is 2. The highest BCUT2D eigenvalue weighted by Crippen LogP contribution is 2.26. The minimum Gasteiger partial charge on any atom is -0.351 e. The zero-order chi connectivity index (χ0) is 14.3. The molecule has 108 valence electrons. The average molecular weight is 334 g/mol. The lowest BCUT2D eigenvalue weighted by atomic mass is 10.1. The molecular formula is C14H21BrFNO2. The fraction of sp³-hybridized carbons (Fsp3) is 0.571. The van der Waals surface area contributed by atoms with Crippen molar-refractivity contribution in [2.24, 2.45) is 0 Å². The Kier molecular flexibility index (Phi) is 7.53. The number of hydrogen-bond acceptors (Lipinski definition) is 3. The molecule has 0 spiro atoms. The summed E-state index contributed by atoms with van der Waals surface area (Å²) in [7, 11) is 0. The van der Waals surface area contributed by atoms with Crippen LogP contribution in [0.5, 0.6) is 0 Å². The summed E-state index contributed by atoms with van der Waals surface area (Å²) in [5.41, 5.74) is 0.545. The molecule has 0 aliphatic rings. The van der Waals surface area contributed by atoms with E-state index in [4.69, 9.17) is 9.47 Å². The van der Waals surface area contributed by atoms with Gasteiger partial charge in [0.1, 0.15) is 5.82 Å². The normalized spacial score (nSPS) is 12.9. The standard InChI is InChI=1S/C14H21BrFNO2/c1-4-17-13(14(18-5-2)19-6-3)11-9-10(15)7-8-12(11)16/h7-9,13-14,17H,4-6H2,1-3H3. The molecule has 0 aromatic heterocycles. The largest absolute Gasteiger partial charge is 0.351 e. The van der Waals surface area contributed by atoms with Crippen molar-refractivity contribution in [1.29, 1.82) is 0 Å². The summed E-state index contributed by atoms with van der Waals surface area (Å²) in [5, 5.41) is 3.23. The van der Waals surface area contributed by atoms with Gasteiger partial charge in [0.25, 0.3) is 0 Å². The van der Waals surface area contributed by atoms with Crippen LogP contribution in [0.15, 0.2) is 22.7 Å². The van der Waals surface area contributed by atoms with E-state index < -0.39 is 6.29 Å². The first kappa shape index (κ1) is 16.6. The van der Waals surface area contributed by atoms with Crippen LogP contribution >= 0.6 is 15.9 Å². The van der Waals surface area contributed by atoms with Gasteiger partial charge in [0.15, 0.2) is 6.29 Å². The molecule has 1 unspecified atom stereocenters. The highest BCUT2D eigenvalue weighted by Gasteiger charge is 2.26. The molecule has 0 saturated carbocycles. The first-order chi connectivity index (χ1) is 9.13. The molecule has 1 rings (SSSR count). The van der Waals surface area contributed by atoms with Gasteiger partial charge in [-0.25, -0.2) is 4.39 Å². The second-order valence-corrected chi connectivity index (χ2v) is 4.90. The molecule has 1 aromatic rings. The summed E-state index contributed by atoms with van der Waals surface area (Å²) < 4.78 is 26.0. The summed E-state index contributed by atoms with van der Waals surface area (Å²) in [5.74, 6) is -0.265. The molecule has 0 heterocycles. The zero-order valence-electron chi connectivity index (χ0n) is 11.6. The number of hydrogen-bond donors (Lipinski definition) is 1. The molecule has 0 aliphatic carbocycles. The van der Waals surface area contributed by atoms with E-state index >= 15 is 0 Å². The molecule has 1 aromatic carbocycles. The second kappa shape index (κ2) is 8.64. The fourth-order valence-electron chi connectivity index (χ4n) is 1.89. The van der Waals surface area contributed by atoms with Gasteiger partial charge in [-0.2, -0.15) is 0 Å². The molecule has 0 aliphatic heterocycles. The number of likely N-dealkylation sites (N-methyl/N-ethyl adjacent to an activating group) is 1. The van der Waals surface area contributed by atoms with E-state index in [9.17, 15) is 4.39 Å². The Bertz CT molecular complexity index is 384. The molecule has 1 N–H and O–H groups in total. The number of ether oxygens (including phenoxy) is 2. The lowest BCUT2D eigenvalue weighted by Crippen LogP contribution is -2.36. The van der Waals surface area contributed by atoms with Gasteiger partial charge in [-0.3, -0.25) is 0 Å². The van der Waals surface area contributed by atoms with Crippen LogP contribution in [0.25, 0.3) is 0 Å². The van der Waals surface area contributed by atoms with E-state index in [1.165, 1.54) is 6.07 Å². The highest BCUT2D eigenvalue weighted by atomic mass is 79.9. The number of rotatable bonds is 8. The van der Waals surface area contributed by atoms with Gasteiger partial charge in [0.05, 0.1) is 6.04 Å². The second-order valence-electron chi connectivity index (χ2n) is 3.98. The third-order valence-electron chi connectivity index (χ3n) is 2.65. The molecule has 19 heavy (non-hydrogen) atoms. The Labute approximate surface area is 122 Å². The predicted molar refractivity (Wildman–Crippen MR) is 77.6 cm³/mol. The van der Waals surface area contributed by atoms with Crippen LogP contribution in [0.4, 0.5) is 4.39 Å². The lowest BCUT2D eigenvalue weighted by Gasteiger charge is -2.28. The first-order valence-electron chi connectivity index (χ1n) is 6.55. The van der Waals surface area contributed by atoms with Crippen molar-refractivity contribution >= 4 is 15.9 Å². The highest BCUT2D eigenvalue weighted by molar-refractivity contribution is 9.10. The maximum absolute atomic E-state index is 14.0. The fourth-order valence-corrected chi connectivity index (χ4v) is 2.27. The molecule has 3 nitrogen and oxygen atoms in total. The topological polar surface area (TPSA) is 30.5 Å². The van der Waals surface area contributed by atoms with E-state index in [2.05, 4.69) is 21.2 Å². The molecule has 0 fully saturated rings. The molecule has 0 radical (unpaired) electrons. The van der Waals surface area contributed by atoms with E-state index in [0.717, 1.165) is 4.47 Å². The molecule has 1 atom stereocenters. The summed E-state index contributed by atoms with van der Waals surface area (Å²) in [4.78, 5) is 0. The van der Waals surface area contributed by atoms with Crippen LogP contribution in [0, 0.1) is 5.82 Å². The Morgan fingerprint density at radius 1 is 1.21 bits per heavy atom. The van der Waals surface area contributed by atoms with Crippen molar-refractivity contribution in [2.45, 2.75) is 33.1 Å². The quantitative estimate of drug-likeness (QED) is 0.737. The van der Waals surface area contributed by atoms with Gasteiger partial charge in [0.2, 0.25) is 0 Å². The van der Waals surface area contributed by atoms with E-state index in [1.54, 1.807) is 12.1 Å². The molecule has 5 heteroatoms. The third kappa shape index (κ3) is 4.84. The smallest absolute Gasteiger partial charge is 0.176 e. The van der Waals surface area contributed by atoms with Gasteiger partial charge in [-0.05, 0) is 38.6 Å². The van der Waals surface area contributed by atoms with Crippen molar-refractivity contribution in [3.05, 3.63) is 34.1 Å². The van der Waals surface area contributed by atoms with Crippen LogP contribution in [-0.2, 0) is 9.47 Å². The van der Waals surface area contributed by atoms with Crippen LogP contribution in [-0.4, -0.2) is 26.0 Å². The van der Waals surface area contributed by atoms with Crippen molar-refractivity contribution in [1.82, 2.24) is 5.32 Å². The van der Waals surface area contributed by atoms with Gasteiger partial charge >= 0.3 is 0 Å². The summed E-state index contributed by atoms with van der Waals surface area (Å²) >= 11 is 3.37. The average Bonchev–Trinajstić information content (AvgIpc) is 2.39. The SMILES string of the molecule is CCNC(c1cc(Br)ccc1F)C(OCC)OCC. The molecule has 0 saturated heterocycles. The minimum atomic E-state index is -0.501. The van der Waals surface area contributed by atoms with Gasteiger partial charge in [-0.1, -0.05) is 22.9 Å². The molecule has 0 amide bonds. The van der Waals surface area contributed by atoms with Gasteiger partial charge in [0, 0.05) is 23.2 Å². The first-order valence-corrected chi connectivity index (χ1v) is 7.34. The van der Waals surface area contributed by atoms with Crippen molar-refractivity contribution in [3.63, 3.8) is 0 Å². The maximum Gasteiger partial charge on any atom is 0.176 e. The Morgan fingerprint density at radius 2 is 1.84 bits per heavy atom. The third-order valence-corrected chi connectivity index (χ3v) is 3.14. The Hall–Kier alpha value is -0.490.